The Kier molecular flexibility index (Phi) is 5.12. The van der Waals surface area contributed by atoms with Crippen molar-refractivity contribution in [3.8, 4) is 0 Å². The summed E-state index contributed by atoms with van der Waals surface area (Å²) >= 11 is 0. The molecular weight excluding hydrogens is 255 g/mol. The molecule has 1 aromatic carbocycles. The van der Waals surface area contributed by atoms with E-state index in [4.69, 9.17) is 0 Å². The average molecular weight is 278 g/mol. The molecule has 0 aliphatic carbocycles. The molecule has 2 N–H and O–H groups in total. The number of piperidine rings is 1. The van der Waals surface area contributed by atoms with Crippen molar-refractivity contribution in [3.63, 3.8) is 0 Å². The zero-order valence-corrected chi connectivity index (χ0v) is 12.3. The van der Waals surface area contributed by atoms with Gasteiger partial charge in [-0.05, 0) is 62.4 Å². The fourth-order valence-electron chi connectivity index (χ4n) is 2.77. The van der Waals surface area contributed by atoms with Crippen LogP contribution in [0.15, 0.2) is 12.1 Å². The Morgan fingerprint density at radius 3 is 2.70 bits per heavy atom. The van der Waals surface area contributed by atoms with Crippen molar-refractivity contribution in [1.29, 1.82) is 0 Å². The van der Waals surface area contributed by atoms with E-state index in [1.807, 2.05) is 0 Å². The third kappa shape index (κ3) is 4.04. The number of rotatable bonds is 4. The van der Waals surface area contributed by atoms with E-state index in [9.17, 15) is 9.18 Å². The van der Waals surface area contributed by atoms with Crippen LogP contribution < -0.4 is 10.6 Å². The quantitative estimate of drug-likeness (QED) is 0.888. The Morgan fingerprint density at radius 1 is 1.40 bits per heavy atom. The van der Waals surface area contributed by atoms with Gasteiger partial charge in [0.1, 0.15) is 5.82 Å². The number of nitrogens with one attached hydrogen (secondary N) is 2. The molecule has 20 heavy (non-hydrogen) atoms. The summed E-state index contributed by atoms with van der Waals surface area (Å²) in [7, 11) is 0. The summed E-state index contributed by atoms with van der Waals surface area (Å²) < 4.78 is 13.5. The highest BCUT2D eigenvalue weighted by Gasteiger charge is 2.16. The summed E-state index contributed by atoms with van der Waals surface area (Å²) in [6.07, 6.45) is 2.84. The molecule has 110 valence electrons. The monoisotopic (exact) mass is 278 g/mol. The van der Waals surface area contributed by atoms with Crippen LogP contribution in [0.1, 0.15) is 36.0 Å². The van der Waals surface area contributed by atoms with Gasteiger partial charge in [-0.25, -0.2) is 4.39 Å². The van der Waals surface area contributed by atoms with Crippen LogP contribution >= 0.6 is 0 Å². The molecule has 1 aliphatic heterocycles. The van der Waals surface area contributed by atoms with Crippen molar-refractivity contribution in [2.45, 2.75) is 39.7 Å². The molecule has 0 radical (unpaired) electrons. The van der Waals surface area contributed by atoms with Gasteiger partial charge in [-0.1, -0.05) is 12.1 Å². The van der Waals surface area contributed by atoms with Gasteiger partial charge >= 0.3 is 0 Å². The molecule has 1 aromatic rings. The molecule has 1 amide bonds. The van der Waals surface area contributed by atoms with E-state index in [1.54, 1.807) is 26.0 Å². The largest absolute Gasteiger partial charge is 0.352 e. The lowest BCUT2D eigenvalue weighted by Crippen LogP contribution is -2.34. The van der Waals surface area contributed by atoms with Crippen molar-refractivity contribution < 1.29 is 9.18 Å². The molecule has 1 saturated heterocycles. The molecule has 1 unspecified atom stereocenters. The second-order valence-electron chi connectivity index (χ2n) is 5.74. The third-order valence-corrected chi connectivity index (χ3v) is 3.86. The smallest absolute Gasteiger partial charge is 0.220 e. The molecule has 1 aliphatic rings. The maximum absolute atomic E-state index is 13.5. The van der Waals surface area contributed by atoms with E-state index in [0.29, 0.717) is 30.0 Å². The van der Waals surface area contributed by atoms with Gasteiger partial charge in [0.05, 0.1) is 0 Å². The van der Waals surface area contributed by atoms with Gasteiger partial charge in [0.2, 0.25) is 5.91 Å². The molecule has 1 atom stereocenters. The van der Waals surface area contributed by atoms with Crippen molar-refractivity contribution in [1.82, 2.24) is 10.6 Å². The summed E-state index contributed by atoms with van der Waals surface area (Å²) in [5, 5.41) is 6.24. The fraction of sp³-hybridized carbons (Fsp3) is 0.562. The molecule has 0 spiro atoms. The van der Waals surface area contributed by atoms with Crippen molar-refractivity contribution in [2.24, 2.45) is 5.92 Å². The number of hydrogen-bond donors (Lipinski definition) is 2. The van der Waals surface area contributed by atoms with Crippen LogP contribution in [0.25, 0.3) is 0 Å². The predicted molar refractivity (Wildman–Crippen MR) is 77.9 cm³/mol. The van der Waals surface area contributed by atoms with Gasteiger partial charge < -0.3 is 10.6 Å². The lowest BCUT2D eigenvalue weighted by atomic mass is 9.96. The summed E-state index contributed by atoms with van der Waals surface area (Å²) in [6.45, 7) is 5.97. The van der Waals surface area contributed by atoms with E-state index in [-0.39, 0.29) is 11.7 Å². The number of carbonyl (C=O) groups is 1. The number of aryl methyl sites for hydroxylation is 2. The average Bonchev–Trinajstić information content (AvgIpc) is 2.43. The molecule has 1 fully saturated rings. The molecule has 3 nitrogen and oxygen atoms in total. The highest BCUT2D eigenvalue weighted by atomic mass is 19.1. The normalized spacial score (nSPS) is 18.9. The van der Waals surface area contributed by atoms with Crippen molar-refractivity contribution >= 4 is 5.91 Å². The predicted octanol–water partition coefficient (Wildman–Crippen LogP) is 2.45. The van der Waals surface area contributed by atoms with E-state index >= 15 is 0 Å². The first-order valence-corrected chi connectivity index (χ1v) is 7.29. The zero-order valence-electron chi connectivity index (χ0n) is 12.3. The minimum absolute atomic E-state index is 0.0818. The van der Waals surface area contributed by atoms with Crippen molar-refractivity contribution in [2.75, 3.05) is 13.1 Å². The molecule has 0 aromatic heterocycles. The fourth-order valence-corrected chi connectivity index (χ4v) is 2.77. The topological polar surface area (TPSA) is 41.1 Å². The number of benzene rings is 1. The van der Waals surface area contributed by atoms with Gasteiger partial charge in [0.15, 0.2) is 0 Å². The SMILES string of the molecule is Cc1cc(CNC(=O)CC2CCCNC2)cc(C)c1F. The minimum Gasteiger partial charge on any atom is -0.352 e. The van der Waals surface area contributed by atoms with Gasteiger partial charge in [0, 0.05) is 13.0 Å². The Hall–Kier alpha value is -1.42. The molecule has 4 heteroatoms. The Labute approximate surface area is 120 Å². The number of amides is 1. The maximum atomic E-state index is 13.5. The van der Waals surface area contributed by atoms with E-state index in [1.165, 1.54) is 0 Å². The minimum atomic E-state index is -0.159. The first-order chi connectivity index (χ1) is 9.56. The van der Waals surface area contributed by atoms with E-state index in [0.717, 1.165) is 31.5 Å². The van der Waals surface area contributed by atoms with E-state index < -0.39 is 0 Å². The molecule has 0 saturated carbocycles. The van der Waals surface area contributed by atoms with Crippen LogP contribution in [0.2, 0.25) is 0 Å². The van der Waals surface area contributed by atoms with Gasteiger partial charge in [-0.2, -0.15) is 0 Å². The molecule has 0 bridgehead atoms. The zero-order chi connectivity index (χ0) is 14.5. The summed E-state index contributed by atoms with van der Waals surface area (Å²) in [6, 6.07) is 3.59. The van der Waals surface area contributed by atoms with Crippen LogP contribution in [-0.4, -0.2) is 19.0 Å². The Morgan fingerprint density at radius 2 is 2.10 bits per heavy atom. The molecular formula is C16H23FN2O. The number of halogens is 1. The van der Waals surface area contributed by atoms with Crippen LogP contribution in [-0.2, 0) is 11.3 Å². The van der Waals surface area contributed by atoms with Crippen LogP contribution in [0.5, 0.6) is 0 Å². The van der Waals surface area contributed by atoms with Crippen LogP contribution in [0, 0.1) is 25.6 Å². The first kappa shape index (κ1) is 15.0. The van der Waals surface area contributed by atoms with Gasteiger partial charge in [-0.15, -0.1) is 0 Å². The lowest BCUT2D eigenvalue weighted by molar-refractivity contribution is -0.122. The van der Waals surface area contributed by atoms with Crippen LogP contribution in [0.4, 0.5) is 4.39 Å². The molecule has 1 heterocycles. The van der Waals surface area contributed by atoms with E-state index in [2.05, 4.69) is 10.6 Å². The maximum Gasteiger partial charge on any atom is 0.220 e. The highest BCUT2D eigenvalue weighted by Crippen LogP contribution is 2.16. The Bertz CT molecular complexity index is 458. The van der Waals surface area contributed by atoms with Gasteiger partial charge in [0.25, 0.3) is 0 Å². The second kappa shape index (κ2) is 6.84. The highest BCUT2D eigenvalue weighted by molar-refractivity contribution is 5.76. The van der Waals surface area contributed by atoms with Crippen LogP contribution in [0.3, 0.4) is 0 Å². The Balaban J connectivity index is 1.83. The number of hydrogen-bond acceptors (Lipinski definition) is 2. The molecule has 2 rings (SSSR count). The second-order valence-corrected chi connectivity index (χ2v) is 5.74. The van der Waals surface area contributed by atoms with Gasteiger partial charge in [-0.3, -0.25) is 4.79 Å². The van der Waals surface area contributed by atoms with Crippen molar-refractivity contribution in [3.05, 3.63) is 34.6 Å². The third-order valence-electron chi connectivity index (χ3n) is 3.86. The first-order valence-electron chi connectivity index (χ1n) is 7.29. The summed E-state index contributed by atoms with van der Waals surface area (Å²) in [5.41, 5.74) is 2.22. The number of carbonyl (C=O) groups excluding carboxylic acids is 1. The summed E-state index contributed by atoms with van der Waals surface area (Å²) in [4.78, 5) is 11.9. The lowest BCUT2D eigenvalue weighted by Gasteiger charge is -2.22. The summed E-state index contributed by atoms with van der Waals surface area (Å²) in [5.74, 6) is 0.368. The standard InChI is InChI=1S/C16H23FN2O/c1-11-6-14(7-12(2)16(11)17)10-19-15(20)8-13-4-3-5-18-9-13/h6-7,13,18H,3-5,8-10H2,1-2H3,(H,19,20).